The number of aromatic nitrogens is 2. The lowest BCUT2D eigenvalue weighted by Gasteiger charge is -2.02. The minimum Gasteiger partial charge on any atom is -0.550 e. The van der Waals surface area contributed by atoms with Crippen LogP contribution in [0.1, 0.15) is 16.8 Å². The molecule has 0 amide bonds. The molecule has 0 saturated heterocycles. The number of rotatable bonds is 5. The van der Waals surface area contributed by atoms with Crippen molar-refractivity contribution in [3.05, 3.63) is 40.5 Å². The molecule has 0 aliphatic rings. The molecule has 0 aliphatic carbocycles. The van der Waals surface area contributed by atoms with E-state index in [1.807, 2.05) is 24.3 Å². The number of hydrogen-bond donors (Lipinski definition) is 0. The molecule has 2 rings (SSSR count). The van der Waals surface area contributed by atoms with Crippen LogP contribution in [0.3, 0.4) is 0 Å². The van der Waals surface area contributed by atoms with Crippen molar-refractivity contribution in [2.75, 3.05) is 0 Å². The first-order valence-corrected chi connectivity index (χ1v) is 6.38. The first kappa shape index (κ1) is 13.5. The summed E-state index contributed by atoms with van der Waals surface area (Å²) in [5.74, 6) is -1.15. The lowest BCUT2D eigenvalue weighted by Crippen LogP contribution is -2.23. The summed E-state index contributed by atoms with van der Waals surface area (Å²) in [5, 5.41) is 14.7. The molecule has 19 heavy (non-hydrogen) atoms. The smallest absolute Gasteiger partial charge is 0.153 e. The molecule has 0 saturated carbocycles. The Labute approximate surface area is 118 Å². The number of aliphatic carboxylic acids is 1. The maximum atomic E-state index is 11.0. The number of halogens is 1. The zero-order valence-electron chi connectivity index (χ0n) is 9.88. The first-order valence-electron chi connectivity index (χ1n) is 5.58. The highest BCUT2D eigenvalue weighted by Crippen LogP contribution is 2.24. The van der Waals surface area contributed by atoms with E-state index in [0.29, 0.717) is 17.5 Å². The van der Waals surface area contributed by atoms with Gasteiger partial charge in [0.1, 0.15) is 5.69 Å². The molecular formula is C13H10BrN2O3-. The molecule has 5 nitrogen and oxygen atoms in total. The van der Waals surface area contributed by atoms with E-state index in [4.69, 9.17) is 0 Å². The summed E-state index contributed by atoms with van der Waals surface area (Å²) in [6.45, 7) is 0.178. The molecule has 0 radical (unpaired) electrons. The molecule has 1 heterocycles. The van der Waals surface area contributed by atoms with Gasteiger partial charge in [0.25, 0.3) is 0 Å². The zero-order valence-corrected chi connectivity index (χ0v) is 11.5. The number of aldehydes is 1. The molecule has 0 N–H and O–H groups in total. The predicted octanol–water partition coefficient (Wildman–Crippen LogP) is 1.27. The monoisotopic (exact) mass is 321 g/mol. The summed E-state index contributed by atoms with van der Waals surface area (Å²) in [7, 11) is 0. The van der Waals surface area contributed by atoms with Gasteiger partial charge in [-0.2, -0.15) is 5.10 Å². The van der Waals surface area contributed by atoms with Crippen molar-refractivity contribution >= 4 is 28.2 Å². The van der Waals surface area contributed by atoms with Crippen LogP contribution in [0.25, 0.3) is 11.3 Å². The molecule has 0 fully saturated rings. The molecule has 0 bridgehead atoms. The van der Waals surface area contributed by atoms with E-state index in [9.17, 15) is 14.7 Å². The normalized spacial score (nSPS) is 10.4. The minimum absolute atomic E-state index is 0.141. The number of carbonyl (C=O) groups is 2. The van der Waals surface area contributed by atoms with Crippen molar-refractivity contribution in [1.82, 2.24) is 9.78 Å². The van der Waals surface area contributed by atoms with E-state index in [2.05, 4.69) is 21.0 Å². The molecule has 6 heteroatoms. The second kappa shape index (κ2) is 5.79. The number of aryl methyl sites for hydroxylation is 1. The Morgan fingerprint density at radius 1 is 1.47 bits per heavy atom. The van der Waals surface area contributed by atoms with Crippen LogP contribution in [-0.2, 0) is 11.3 Å². The van der Waals surface area contributed by atoms with Crippen molar-refractivity contribution in [3.8, 4) is 11.3 Å². The molecule has 0 atom stereocenters. The lowest BCUT2D eigenvalue weighted by atomic mass is 10.1. The molecule has 0 unspecified atom stereocenters. The van der Waals surface area contributed by atoms with Crippen molar-refractivity contribution in [2.45, 2.75) is 13.0 Å². The maximum Gasteiger partial charge on any atom is 0.153 e. The van der Waals surface area contributed by atoms with E-state index in [1.165, 1.54) is 10.9 Å². The highest BCUT2D eigenvalue weighted by Gasteiger charge is 2.10. The number of benzene rings is 1. The zero-order chi connectivity index (χ0) is 13.8. The van der Waals surface area contributed by atoms with Gasteiger partial charge in [0.2, 0.25) is 0 Å². The van der Waals surface area contributed by atoms with Gasteiger partial charge in [-0.05, 0) is 12.1 Å². The highest BCUT2D eigenvalue weighted by molar-refractivity contribution is 9.10. The van der Waals surface area contributed by atoms with E-state index < -0.39 is 5.97 Å². The molecule has 1 aromatic carbocycles. The average Bonchev–Trinajstić information content (AvgIpc) is 2.79. The molecular weight excluding hydrogens is 312 g/mol. The number of carbonyl (C=O) groups excluding carboxylic acids is 2. The Kier molecular flexibility index (Phi) is 4.11. The van der Waals surface area contributed by atoms with E-state index >= 15 is 0 Å². The van der Waals surface area contributed by atoms with Crippen LogP contribution in [0.4, 0.5) is 0 Å². The summed E-state index contributed by atoms with van der Waals surface area (Å²) in [6, 6.07) is 7.40. The van der Waals surface area contributed by atoms with Crippen LogP contribution in [0.15, 0.2) is 34.9 Å². The van der Waals surface area contributed by atoms with Crippen LogP contribution < -0.4 is 5.11 Å². The Balaban J connectivity index is 2.34. The third-order valence-electron chi connectivity index (χ3n) is 2.56. The van der Waals surface area contributed by atoms with Gasteiger partial charge in [0, 0.05) is 35.2 Å². The van der Waals surface area contributed by atoms with Gasteiger partial charge in [-0.15, -0.1) is 0 Å². The SMILES string of the molecule is O=Cc1cn(CCC(=O)[O-])nc1-c1cccc(Br)c1. The van der Waals surface area contributed by atoms with Crippen molar-refractivity contribution in [2.24, 2.45) is 0 Å². The number of hydrogen-bond acceptors (Lipinski definition) is 4. The summed E-state index contributed by atoms with van der Waals surface area (Å²) in [4.78, 5) is 21.5. The van der Waals surface area contributed by atoms with Crippen LogP contribution in [0.2, 0.25) is 0 Å². The summed E-state index contributed by atoms with van der Waals surface area (Å²) >= 11 is 3.35. The Bertz CT molecular complexity index is 622. The Morgan fingerprint density at radius 3 is 2.89 bits per heavy atom. The first-order chi connectivity index (χ1) is 9.10. The quantitative estimate of drug-likeness (QED) is 0.777. The average molecular weight is 322 g/mol. The fourth-order valence-corrected chi connectivity index (χ4v) is 2.10. The van der Waals surface area contributed by atoms with E-state index in [0.717, 1.165) is 10.0 Å². The van der Waals surface area contributed by atoms with Gasteiger partial charge in [-0.3, -0.25) is 9.48 Å². The van der Waals surface area contributed by atoms with Crippen LogP contribution in [0, 0.1) is 0 Å². The predicted molar refractivity (Wildman–Crippen MR) is 70.4 cm³/mol. The van der Waals surface area contributed by atoms with E-state index in [1.54, 1.807) is 0 Å². The van der Waals surface area contributed by atoms with Gasteiger partial charge in [-0.25, -0.2) is 0 Å². The second-order valence-electron chi connectivity index (χ2n) is 3.95. The number of nitrogens with zero attached hydrogens (tertiary/aromatic N) is 2. The summed E-state index contributed by atoms with van der Waals surface area (Å²) < 4.78 is 2.32. The molecule has 98 valence electrons. The van der Waals surface area contributed by atoms with Crippen LogP contribution in [-0.4, -0.2) is 22.0 Å². The van der Waals surface area contributed by atoms with Crippen molar-refractivity contribution < 1.29 is 14.7 Å². The highest BCUT2D eigenvalue weighted by atomic mass is 79.9. The fourth-order valence-electron chi connectivity index (χ4n) is 1.70. The van der Waals surface area contributed by atoms with Gasteiger partial charge < -0.3 is 9.90 Å². The Hall–Kier alpha value is -1.95. The third kappa shape index (κ3) is 3.29. The van der Waals surface area contributed by atoms with Gasteiger partial charge in [0.05, 0.1) is 5.56 Å². The second-order valence-corrected chi connectivity index (χ2v) is 4.86. The third-order valence-corrected chi connectivity index (χ3v) is 3.05. The minimum atomic E-state index is -1.15. The molecule has 2 aromatic rings. The lowest BCUT2D eigenvalue weighted by molar-refractivity contribution is -0.306. The topological polar surface area (TPSA) is 75.0 Å². The van der Waals surface area contributed by atoms with E-state index in [-0.39, 0.29) is 13.0 Å². The molecule has 0 aliphatic heterocycles. The maximum absolute atomic E-state index is 11.0. The number of carboxylic acids is 1. The van der Waals surface area contributed by atoms with Crippen molar-refractivity contribution in [1.29, 1.82) is 0 Å². The van der Waals surface area contributed by atoms with Crippen LogP contribution >= 0.6 is 15.9 Å². The summed E-state index contributed by atoms with van der Waals surface area (Å²) in [6.07, 6.45) is 2.10. The largest absolute Gasteiger partial charge is 0.550 e. The van der Waals surface area contributed by atoms with Gasteiger partial charge >= 0.3 is 0 Å². The molecule has 0 spiro atoms. The van der Waals surface area contributed by atoms with Gasteiger partial charge in [-0.1, -0.05) is 28.1 Å². The van der Waals surface area contributed by atoms with Crippen molar-refractivity contribution in [3.63, 3.8) is 0 Å². The van der Waals surface area contributed by atoms with Crippen LogP contribution in [0.5, 0.6) is 0 Å². The van der Waals surface area contributed by atoms with Gasteiger partial charge in [0.15, 0.2) is 6.29 Å². The molecule has 1 aromatic heterocycles. The number of carboxylic acid groups (broad SMARTS) is 1. The summed E-state index contributed by atoms with van der Waals surface area (Å²) in [5.41, 5.74) is 1.76. The fraction of sp³-hybridized carbons (Fsp3) is 0.154. The Morgan fingerprint density at radius 2 is 2.26 bits per heavy atom. The standard InChI is InChI=1S/C13H11BrN2O3/c14-11-3-1-2-9(6-11)13-10(8-17)7-16(15-13)5-4-12(18)19/h1-3,6-8H,4-5H2,(H,18,19)/p-1.